The average molecular weight is 225 g/mol. The molecule has 0 amide bonds. The topological polar surface area (TPSA) is 76.7 Å². The fourth-order valence-electron chi connectivity index (χ4n) is 1.07. The molecule has 1 N–H and O–H groups in total. The van der Waals surface area contributed by atoms with E-state index in [1.54, 1.807) is 6.20 Å². The van der Waals surface area contributed by atoms with E-state index in [0.29, 0.717) is 17.8 Å². The maximum Gasteiger partial charge on any atom is 0.271 e. The summed E-state index contributed by atoms with van der Waals surface area (Å²) in [7, 11) is 1.90. The Bertz CT molecular complexity index is 412. The van der Waals surface area contributed by atoms with Gasteiger partial charge in [0.2, 0.25) is 0 Å². The number of rotatable bonds is 4. The molecule has 6 nitrogen and oxygen atoms in total. The van der Waals surface area contributed by atoms with E-state index in [4.69, 9.17) is 4.52 Å². The Hall–Kier alpha value is -1.34. The van der Waals surface area contributed by atoms with E-state index >= 15 is 0 Å². The zero-order valence-electron chi connectivity index (χ0n) is 8.47. The van der Waals surface area contributed by atoms with Gasteiger partial charge in [0.25, 0.3) is 5.89 Å². The van der Waals surface area contributed by atoms with Gasteiger partial charge in [0, 0.05) is 12.5 Å². The van der Waals surface area contributed by atoms with Gasteiger partial charge in [-0.3, -0.25) is 0 Å². The summed E-state index contributed by atoms with van der Waals surface area (Å²) in [6, 6.07) is 0.329. The van der Waals surface area contributed by atoms with E-state index in [0.717, 1.165) is 11.3 Å². The average Bonchev–Trinajstić information content (AvgIpc) is 2.85. The van der Waals surface area contributed by atoms with Gasteiger partial charge in [0.1, 0.15) is 4.88 Å². The number of nitrogens with zero attached hydrogens (tertiary/aromatic N) is 4. The predicted molar refractivity (Wildman–Crippen MR) is 55.4 cm³/mol. The second-order valence-electron chi connectivity index (χ2n) is 3.19. The van der Waals surface area contributed by atoms with Gasteiger partial charge in [0.05, 0.1) is 6.20 Å². The molecular weight excluding hydrogens is 214 g/mol. The Morgan fingerprint density at radius 2 is 2.47 bits per heavy atom. The predicted octanol–water partition coefficient (Wildman–Crippen LogP) is 0.738. The van der Waals surface area contributed by atoms with Gasteiger partial charge >= 0.3 is 0 Å². The van der Waals surface area contributed by atoms with E-state index in [2.05, 4.69) is 32.0 Å². The molecule has 1 unspecified atom stereocenters. The highest BCUT2D eigenvalue weighted by Crippen LogP contribution is 2.19. The third-order valence-corrected chi connectivity index (χ3v) is 2.67. The molecule has 2 aromatic heterocycles. The van der Waals surface area contributed by atoms with Gasteiger partial charge in [-0.2, -0.15) is 4.98 Å². The Morgan fingerprint density at radius 3 is 3.13 bits per heavy atom. The van der Waals surface area contributed by atoms with Crippen molar-refractivity contribution in [3.8, 4) is 10.8 Å². The van der Waals surface area contributed by atoms with Crippen LogP contribution in [0.4, 0.5) is 0 Å². The van der Waals surface area contributed by atoms with Crippen LogP contribution in [0.15, 0.2) is 10.7 Å². The van der Waals surface area contributed by atoms with E-state index in [1.807, 2.05) is 7.05 Å². The smallest absolute Gasteiger partial charge is 0.271 e. The van der Waals surface area contributed by atoms with E-state index in [9.17, 15) is 0 Å². The van der Waals surface area contributed by atoms with E-state index in [1.165, 1.54) is 11.5 Å². The van der Waals surface area contributed by atoms with Crippen LogP contribution in [0.2, 0.25) is 0 Å². The van der Waals surface area contributed by atoms with Crippen LogP contribution in [0, 0.1) is 0 Å². The van der Waals surface area contributed by atoms with Crippen LogP contribution >= 0.6 is 11.5 Å². The van der Waals surface area contributed by atoms with E-state index < -0.39 is 0 Å². The molecule has 2 rings (SSSR count). The molecule has 0 aliphatic carbocycles. The Balaban J connectivity index is 2.11. The summed E-state index contributed by atoms with van der Waals surface area (Å²) >= 11 is 1.24. The molecule has 7 heteroatoms. The number of aromatic nitrogens is 4. The van der Waals surface area contributed by atoms with Crippen molar-refractivity contribution in [2.45, 2.75) is 19.4 Å². The molecule has 0 bridgehead atoms. The summed E-state index contributed by atoms with van der Waals surface area (Å²) < 4.78 is 8.83. The third kappa shape index (κ3) is 2.37. The second kappa shape index (κ2) is 4.45. The Labute approximate surface area is 90.9 Å². The van der Waals surface area contributed by atoms with Crippen LogP contribution < -0.4 is 5.32 Å². The zero-order valence-corrected chi connectivity index (χ0v) is 9.28. The Kier molecular flexibility index (Phi) is 3.02. The lowest BCUT2D eigenvalue weighted by atomic mass is 10.2. The molecule has 0 saturated heterocycles. The zero-order chi connectivity index (χ0) is 10.7. The van der Waals surface area contributed by atoms with Crippen molar-refractivity contribution in [1.82, 2.24) is 25.0 Å². The van der Waals surface area contributed by atoms with Crippen molar-refractivity contribution in [1.29, 1.82) is 0 Å². The highest BCUT2D eigenvalue weighted by atomic mass is 32.1. The van der Waals surface area contributed by atoms with Gasteiger partial charge in [-0.25, -0.2) is 0 Å². The maximum atomic E-state index is 5.10. The molecule has 0 aromatic carbocycles. The molecule has 0 aliphatic heterocycles. The van der Waals surface area contributed by atoms with Crippen molar-refractivity contribution >= 4 is 11.5 Å². The second-order valence-corrected chi connectivity index (χ2v) is 3.98. The minimum atomic E-state index is 0.329. The molecule has 0 radical (unpaired) electrons. The fraction of sp³-hybridized carbons (Fsp3) is 0.500. The summed E-state index contributed by atoms with van der Waals surface area (Å²) in [5, 5.41) is 10.7. The molecule has 0 fully saturated rings. The van der Waals surface area contributed by atoms with Crippen LogP contribution in [0.25, 0.3) is 10.8 Å². The molecule has 80 valence electrons. The van der Waals surface area contributed by atoms with Crippen LogP contribution in [-0.2, 0) is 6.42 Å². The molecule has 2 aromatic rings. The highest BCUT2D eigenvalue weighted by molar-refractivity contribution is 7.09. The van der Waals surface area contributed by atoms with Crippen molar-refractivity contribution in [2.24, 2.45) is 0 Å². The lowest BCUT2D eigenvalue weighted by molar-refractivity contribution is 0.419. The van der Waals surface area contributed by atoms with Gasteiger partial charge in [-0.05, 0) is 25.5 Å². The summed E-state index contributed by atoms with van der Waals surface area (Å²) in [5.74, 6) is 1.18. The third-order valence-electron chi connectivity index (χ3n) is 2.02. The summed E-state index contributed by atoms with van der Waals surface area (Å²) in [6.07, 6.45) is 2.36. The van der Waals surface area contributed by atoms with Crippen LogP contribution in [0.5, 0.6) is 0 Å². The quantitative estimate of drug-likeness (QED) is 0.827. The molecule has 1 atom stereocenters. The maximum absolute atomic E-state index is 5.10. The largest absolute Gasteiger partial charge is 0.333 e. The van der Waals surface area contributed by atoms with Crippen LogP contribution in [-0.4, -0.2) is 32.8 Å². The van der Waals surface area contributed by atoms with Crippen LogP contribution in [0.1, 0.15) is 12.7 Å². The van der Waals surface area contributed by atoms with Gasteiger partial charge in [-0.15, -0.1) is 5.10 Å². The van der Waals surface area contributed by atoms with Crippen molar-refractivity contribution < 1.29 is 4.52 Å². The van der Waals surface area contributed by atoms with Gasteiger partial charge in [0.15, 0.2) is 5.82 Å². The summed E-state index contributed by atoms with van der Waals surface area (Å²) in [6.45, 7) is 2.06. The van der Waals surface area contributed by atoms with Crippen molar-refractivity contribution in [3.63, 3.8) is 0 Å². The van der Waals surface area contributed by atoms with E-state index in [-0.39, 0.29) is 0 Å². The molecule has 0 aliphatic rings. The first-order valence-corrected chi connectivity index (χ1v) is 5.34. The highest BCUT2D eigenvalue weighted by Gasteiger charge is 2.12. The number of hydrogen-bond acceptors (Lipinski definition) is 7. The fourth-order valence-corrected chi connectivity index (χ4v) is 1.51. The normalized spacial score (nSPS) is 12.9. The number of nitrogens with one attached hydrogen (secondary N) is 1. The number of likely N-dealkylation sites (N-methyl/N-ethyl adjacent to an activating group) is 1. The molecule has 0 saturated carbocycles. The lowest BCUT2D eigenvalue weighted by Gasteiger charge is -2.04. The SMILES string of the molecule is CNC(C)Cc1noc(-c2cnns2)n1. The first-order valence-electron chi connectivity index (χ1n) is 4.57. The van der Waals surface area contributed by atoms with Crippen molar-refractivity contribution in [2.75, 3.05) is 7.05 Å². The minimum Gasteiger partial charge on any atom is -0.333 e. The van der Waals surface area contributed by atoms with Gasteiger partial charge in [-0.1, -0.05) is 9.64 Å². The molecule has 15 heavy (non-hydrogen) atoms. The molecule has 2 heterocycles. The van der Waals surface area contributed by atoms with Gasteiger partial charge < -0.3 is 9.84 Å². The Morgan fingerprint density at radius 1 is 1.60 bits per heavy atom. The van der Waals surface area contributed by atoms with Crippen molar-refractivity contribution in [3.05, 3.63) is 12.0 Å². The monoisotopic (exact) mass is 225 g/mol. The standard InChI is InChI=1S/C8H11N5OS/c1-5(9-2)3-7-11-8(14-12-7)6-4-10-13-15-6/h4-5,9H,3H2,1-2H3. The summed E-state index contributed by atoms with van der Waals surface area (Å²) in [4.78, 5) is 5.05. The van der Waals surface area contributed by atoms with Crippen LogP contribution in [0.3, 0.4) is 0 Å². The minimum absolute atomic E-state index is 0.329. The molecular formula is C8H11N5OS. The number of hydrogen-bond donors (Lipinski definition) is 1. The first-order chi connectivity index (χ1) is 7.29. The summed E-state index contributed by atoms with van der Waals surface area (Å²) in [5.41, 5.74) is 0. The molecule has 0 spiro atoms. The lowest BCUT2D eigenvalue weighted by Crippen LogP contribution is -2.24. The first kappa shape index (κ1) is 10.2.